The van der Waals surface area contributed by atoms with Gasteiger partial charge in [-0.25, -0.2) is 0 Å². The van der Waals surface area contributed by atoms with Crippen LogP contribution in [-0.4, -0.2) is 35.7 Å². The highest BCUT2D eigenvalue weighted by Gasteiger charge is 2.72. The predicted octanol–water partition coefficient (Wildman–Crippen LogP) is 3.80. The van der Waals surface area contributed by atoms with Crippen LogP contribution in [0.3, 0.4) is 0 Å². The van der Waals surface area contributed by atoms with Crippen molar-refractivity contribution in [1.82, 2.24) is 0 Å². The van der Waals surface area contributed by atoms with Crippen LogP contribution in [0.25, 0.3) is 0 Å². The fourth-order valence-corrected chi connectivity index (χ4v) is 6.94. The average Bonchev–Trinajstić information content (AvgIpc) is 3.19. The zero-order valence-corrected chi connectivity index (χ0v) is 17.2. The van der Waals surface area contributed by atoms with Crippen molar-refractivity contribution in [2.24, 2.45) is 22.7 Å². The van der Waals surface area contributed by atoms with E-state index in [0.717, 1.165) is 32.1 Å². The van der Waals surface area contributed by atoms with Crippen LogP contribution >= 0.6 is 0 Å². The van der Waals surface area contributed by atoms with Crippen molar-refractivity contribution in [3.8, 4) is 0 Å². The van der Waals surface area contributed by atoms with Crippen LogP contribution in [0.4, 0.5) is 0 Å². The van der Waals surface area contributed by atoms with Crippen LogP contribution in [0, 0.1) is 22.7 Å². The van der Waals surface area contributed by atoms with Gasteiger partial charge in [-0.15, -0.1) is 0 Å². The first kappa shape index (κ1) is 19.0. The van der Waals surface area contributed by atoms with Gasteiger partial charge in [0, 0.05) is 24.2 Å². The highest BCUT2D eigenvalue weighted by Crippen LogP contribution is 2.67. The molecule has 2 aliphatic heterocycles. The van der Waals surface area contributed by atoms with Crippen LogP contribution < -0.4 is 0 Å². The van der Waals surface area contributed by atoms with Crippen molar-refractivity contribution in [2.75, 3.05) is 6.61 Å². The van der Waals surface area contributed by atoms with Gasteiger partial charge in [-0.2, -0.15) is 0 Å². The van der Waals surface area contributed by atoms with E-state index in [1.54, 1.807) is 6.26 Å². The fraction of sp³-hybridized carbons (Fsp3) is 0.818. The first-order chi connectivity index (χ1) is 12.6. The van der Waals surface area contributed by atoms with E-state index in [1.165, 1.54) is 6.92 Å². The van der Waals surface area contributed by atoms with Gasteiger partial charge in [-0.05, 0) is 37.2 Å². The lowest BCUT2D eigenvalue weighted by Gasteiger charge is -2.64. The summed E-state index contributed by atoms with van der Waals surface area (Å²) in [6, 6.07) is 0. The molecule has 150 valence electrons. The Bertz CT molecular complexity index is 697. The summed E-state index contributed by atoms with van der Waals surface area (Å²) in [7, 11) is 0. The second-order valence-corrected chi connectivity index (χ2v) is 10.1. The molecule has 2 saturated carbocycles. The zero-order valence-electron chi connectivity index (χ0n) is 17.2. The van der Waals surface area contributed by atoms with Gasteiger partial charge in [0.2, 0.25) is 0 Å². The van der Waals surface area contributed by atoms with E-state index in [9.17, 15) is 9.59 Å². The van der Waals surface area contributed by atoms with Crippen molar-refractivity contribution in [3.63, 3.8) is 0 Å². The number of esters is 1. The summed E-state index contributed by atoms with van der Waals surface area (Å²) in [6.07, 6.45) is 7.86. The number of Topliss-reactive ketones (excluding diaryl/α,β-unsaturated/α-hetero) is 1. The molecule has 2 aliphatic carbocycles. The van der Waals surface area contributed by atoms with Crippen LogP contribution in [0.15, 0.2) is 12.3 Å². The van der Waals surface area contributed by atoms with Crippen LogP contribution in [0.1, 0.15) is 66.7 Å². The normalized spacial score (nSPS) is 47.9. The quantitative estimate of drug-likeness (QED) is 0.652. The summed E-state index contributed by atoms with van der Waals surface area (Å²) < 4.78 is 18.1. The molecule has 27 heavy (non-hydrogen) atoms. The van der Waals surface area contributed by atoms with E-state index in [-0.39, 0.29) is 34.4 Å². The lowest BCUT2D eigenvalue weighted by atomic mass is 9.43. The molecule has 6 atom stereocenters. The maximum absolute atomic E-state index is 13.5. The number of carbonyl (C=O) groups excluding carboxylic acids is 2. The predicted molar refractivity (Wildman–Crippen MR) is 99.8 cm³/mol. The standard InChI is InChI=1S/C22H32O5/c1-14-16(24)17(26-15(2)23)18-19(3,4)7-6-8-20(18,5)22(14)10-9-21(27-22)11-12-25-13-21/h11-12,14,17-18H,6-10,13H2,1-5H3. The molecular formula is C22H32O5. The molecule has 6 unspecified atom stereocenters. The molecule has 3 fully saturated rings. The third kappa shape index (κ3) is 2.46. The van der Waals surface area contributed by atoms with Crippen molar-refractivity contribution in [3.05, 3.63) is 12.3 Å². The summed E-state index contributed by atoms with van der Waals surface area (Å²) in [6.45, 7) is 10.6. The molecule has 0 radical (unpaired) electrons. The molecule has 4 aliphatic rings. The van der Waals surface area contributed by atoms with Crippen molar-refractivity contribution >= 4 is 11.8 Å². The highest BCUT2D eigenvalue weighted by atomic mass is 16.6. The molecule has 1 saturated heterocycles. The van der Waals surface area contributed by atoms with Gasteiger partial charge in [0.05, 0.1) is 11.9 Å². The van der Waals surface area contributed by atoms with Gasteiger partial charge in [0.1, 0.15) is 12.2 Å². The van der Waals surface area contributed by atoms with Crippen molar-refractivity contribution < 1.29 is 23.8 Å². The largest absolute Gasteiger partial charge is 0.498 e. The first-order valence-electron chi connectivity index (χ1n) is 10.3. The molecule has 2 spiro atoms. The number of fused-ring (bicyclic) bond motifs is 2. The molecule has 0 bridgehead atoms. The number of hydrogen-bond acceptors (Lipinski definition) is 5. The van der Waals surface area contributed by atoms with Crippen molar-refractivity contribution in [1.29, 1.82) is 0 Å². The van der Waals surface area contributed by atoms with Gasteiger partial charge in [-0.3, -0.25) is 9.59 Å². The number of carbonyl (C=O) groups is 2. The summed E-state index contributed by atoms with van der Waals surface area (Å²) in [5.74, 6) is -0.725. The number of hydrogen-bond donors (Lipinski definition) is 0. The van der Waals surface area contributed by atoms with E-state index in [4.69, 9.17) is 14.2 Å². The van der Waals surface area contributed by atoms with Crippen LogP contribution in [-0.2, 0) is 23.8 Å². The topological polar surface area (TPSA) is 61.8 Å². The van der Waals surface area contributed by atoms with Gasteiger partial charge >= 0.3 is 5.97 Å². The summed E-state index contributed by atoms with van der Waals surface area (Å²) in [5, 5.41) is 0. The molecule has 0 aromatic rings. The fourth-order valence-electron chi connectivity index (χ4n) is 6.94. The smallest absolute Gasteiger partial charge is 0.303 e. The minimum Gasteiger partial charge on any atom is -0.498 e. The monoisotopic (exact) mass is 376 g/mol. The lowest BCUT2D eigenvalue weighted by molar-refractivity contribution is -0.256. The van der Waals surface area contributed by atoms with Gasteiger partial charge in [0.25, 0.3) is 0 Å². The molecule has 0 amide bonds. The summed E-state index contributed by atoms with van der Waals surface area (Å²) in [4.78, 5) is 25.3. The molecule has 0 aromatic heterocycles. The van der Waals surface area contributed by atoms with E-state index < -0.39 is 17.3 Å². The van der Waals surface area contributed by atoms with E-state index >= 15 is 0 Å². The Morgan fingerprint density at radius 1 is 1.19 bits per heavy atom. The molecule has 0 aromatic carbocycles. The summed E-state index contributed by atoms with van der Waals surface area (Å²) >= 11 is 0. The Labute approximate surface area is 161 Å². The molecule has 2 heterocycles. The second-order valence-electron chi connectivity index (χ2n) is 10.1. The van der Waals surface area contributed by atoms with Crippen LogP contribution in [0.5, 0.6) is 0 Å². The molecule has 4 rings (SSSR count). The van der Waals surface area contributed by atoms with Crippen LogP contribution in [0.2, 0.25) is 0 Å². The van der Waals surface area contributed by atoms with Gasteiger partial charge in [-0.1, -0.05) is 34.1 Å². The molecule has 5 heteroatoms. The number of ether oxygens (including phenoxy) is 3. The highest BCUT2D eigenvalue weighted by molar-refractivity contribution is 5.90. The SMILES string of the molecule is CC(=O)OC1C(=O)C(C)C2(CCC3(C=COC3)O2)C2(C)CCCC(C)(C)C12. The summed E-state index contributed by atoms with van der Waals surface area (Å²) in [5.41, 5.74) is -1.29. The molecule has 5 nitrogen and oxygen atoms in total. The number of rotatable bonds is 1. The second kappa shape index (κ2) is 5.82. The lowest BCUT2D eigenvalue weighted by Crippen LogP contribution is -2.70. The minimum atomic E-state index is -0.682. The van der Waals surface area contributed by atoms with E-state index in [0.29, 0.717) is 6.61 Å². The number of ketones is 1. The minimum absolute atomic E-state index is 0.0163. The maximum Gasteiger partial charge on any atom is 0.303 e. The Hall–Kier alpha value is -1.36. The third-order valence-electron chi connectivity index (χ3n) is 8.12. The Morgan fingerprint density at radius 3 is 2.56 bits per heavy atom. The van der Waals surface area contributed by atoms with Gasteiger partial charge < -0.3 is 14.2 Å². The van der Waals surface area contributed by atoms with Gasteiger partial charge in [0.15, 0.2) is 11.9 Å². The van der Waals surface area contributed by atoms with E-state index in [1.807, 2.05) is 13.0 Å². The average molecular weight is 376 g/mol. The molecule has 0 N–H and O–H groups in total. The Balaban J connectivity index is 1.83. The zero-order chi connectivity index (χ0) is 19.7. The first-order valence-corrected chi connectivity index (χ1v) is 10.3. The third-order valence-corrected chi connectivity index (χ3v) is 8.12. The molecular weight excluding hydrogens is 344 g/mol. The Kier molecular flexibility index (Phi) is 4.09. The Morgan fingerprint density at radius 2 is 1.93 bits per heavy atom. The van der Waals surface area contributed by atoms with Crippen molar-refractivity contribution in [2.45, 2.75) is 84.0 Å². The van der Waals surface area contributed by atoms with E-state index in [2.05, 4.69) is 20.8 Å². The maximum atomic E-state index is 13.5.